The molecule has 2 aromatic rings. The molecule has 1 atom stereocenters. The summed E-state index contributed by atoms with van der Waals surface area (Å²) in [5.74, 6) is -0.105. The lowest BCUT2D eigenvalue weighted by atomic mass is 10.1. The van der Waals surface area contributed by atoms with Crippen molar-refractivity contribution in [3.63, 3.8) is 0 Å². The fraction of sp³-hybridized carbons (Fsp3) is 0.143. The zero-order chi connectivity index (χ0) is 13.2. The van der Waals surface area contributed by atoms with Crippen LogP contribution in [0, 0.1) is 5.95 Å². The number of benzene rings is 1. The van der Waals surface area contributed by atoms with E-state index in [1.807, 2.05) is 24.3 Å². The van der Waals surface area contributed by atoms with Gasteiger partial charge in [0, 0.05) is 6.42 Å². The lowest BCUT2D eigenvalue weighted by Gasteiger charge is -2.10. The van der Waals surface area contributed by atoms with Crippen molar-refractivity contribution in [1.82, 2.24) is 4.98 Å². The van der Waals surface area contributed by atoms with Gasteiger partial charge in [-0.3, -0.25) is 4.79 Å². The van der Waals surface area contributed by atoms with Crippen molar-refractivity contribution in [2.24, 2.45) is 0 Å². The monoisotopic (exact) mass is 258 g/mol. The van der Waals surface area contributed by atoms with Crippen molar-refractivity contribution >= 4 is 11.6 Å². The highest BCUT2D eigenvalue weighted by molar-refractivity contribution is 5.94. The lowest BCUT2D eigenvalue weighted by molar-refractivity contribution is -0.122. The highest BCUT2D eigenvalue weighted by atomic mass is 19.1. The number of nitrogens with zero attached hydrogens (tertiary/aromatic N) is 1. The molecule has 0 saturated carbocycles. The van der Waals surface area contributed by atoms with E-state index < -0.39 is 12.1 Å². The third kappa shape index (κ3) is 2.40. The van der Waals surface area contributed by atoms with Gasteiger partial charge in [0.1, 0.15) is 5.75 Å². The fourth-order valence-electron chi connectivity index (χ4n) is 2.00. The number of anilines is 1. The molecule has 0 saturated heterocycles. The van der Waals surface area contributed by atoms with Gasteiger partial charge in [-0.1, -0.05) is 18.2 Å². The number of carbonyl (C=O) groups is 1. The maximum atomic E-state index is 12.7. The first-order chi connectivity index (χ1) is 9.22. The molecule has 1 aromatic heterocycles. The predicted octanol–water partition coefficient (Wildman–Crippen LogP) is 2.16. The summed E-state index contributed by atoms with van der Waals surface area (Å²) in [4.78, 5) is 15.5. The summed E-state index contributed by atoms with van der Waals surface area (Å²) < 4.78 is 18.2. The van der Waals surface area contributed by atoms with E-state index in [4.69, 9.17) is 4.74 Å². The van der Waals surface area contributed by atoms with Crippen LogP contribution in [0.1, 0.15) is 5.56 Å². The van der Waals surface area contributed by atoms with Crippen molar-refractivity contribution in [1.29, 1.82) is 0 Å². The Morgan fingerprint density at radius 2 is 2.16 bits per heavy atom. The number of para-hydroxylation sites is 1. The Bertz CT molecular complexity index is 588. The van der Waals surface area contributed by atoms with E-state index >= 15 is 0 Å². The molecule has 0 bridgehead atoms. The SMILES string of the molecule is O=C(Nc1ccc(F)nc1)C1Cc2ccccc2O1. The van der Waals surface area contributed by atoms with E-state index in [0.717, 1.165) is 11.3 Å². The van der Waals surface area contributed by atoms with Crippen LogP contribution in [0.4, 0.5) is 10.1 Å². The first-order valence-corrected chi connectivity index (χ1v) is 5.89. The smallest absolute Gasteiger partial charge is 0.265 e. The molecular formula is C14H11FN2O2. The Morgan fingerprint density at radius 3 is 2.89 bits per heavy atom. The summed E-state index contributed by atoms with van der Waals surface area (Å²) >= 11 is 0. The second-order valence-electron chi connectivity index (χ2n) is 4.28. The number of aromatic nitrogens is 1. The number of carbonyl (C=O) groups excluding carboxylic acids is 1. The van der Waals surface area contributed by atoms with E-state index in [1.54, 1.807) is 0 Å². The Hall–Kier alpha value is -2.43. The first-order valence-electron chi connectivity index (χ1n) is 5.89. The van der Waals surface area contributed by atoms with E-state index in [1.165, 1.54) is 18.3 Å². The van der Waals surface area contributed by atoms with Crippen LogP contribution >= 0.6 is 0 Å². The van der Waals surface area contributed by atoms with E-state index in [-0.39, 0.29) is 5.91 Å². The van der Waals surface area contributed by atoms with Crippen molar-refractivity contribution in [2.75, 3.05) is 5.32 Å². The van der Waals surface area contributed by atoms with Crippen LogP contribution in [0.25, 0.3) is 0 Å². The summed E-state index contributed by atoms with van der Waals surface area (Å²) in [7, 11) is 0. The second kappa shape index (κ2) is 4.68. The van der Waals surface area contributed by atoms with Crippen LogP contribution in [0.2, 0.25) is 0 Å². The number of rotatable bonds is 2. The molecule has 0 fully saturated rings. The third-order valence-electron chi connectivity index (χ3n) is 2.93. The standard InChI is InChI=1S/C14H11FN2O2/c15-13-6-5-10(8-16-13)17-14(18)12-7-9-3-1-2-4-11(9)19-12/h1-6,8,12H,7H2,(H,17,18). The minimum Gasteiger partial charge on any atom is -0.480 e. The third-order valence-corrected chi connectivity index (χ3v) is 2.93. The predicted molar refractivity (Wildman–Crippen MR) is 67.4 cm³/mol. The number of nitrogens with one attached hydrogen (secondary N) is 1. The van der Waals surface area contributed by atoms with Gasteiger partial charge in [0.15, 0.2) is 6.10 Å². The molecule has 4 nitrogen and oxygen atoms in total. The zero-order valence-corrected chi connectivity index (χ0v) is 9.97. The summed E-state index contributed by atoms with van der Waals surface area (Å²) in [6, 6.07) is 10.2. The molecule has 1 unspecified atom stereocenters. The normalized spacial score (nSPS) is 16.6. The van der Waals surface area contributed by atoms with Gasteiger partial charge in [0.25, 0.3) is 5.91 Å². The number of fused-ring (bicyclic) bond motifs is 1. The largest absolute Gasteiger partial charge is 0.480 e. The molecule has 1 N–H and O–H groups in total. The Kier molecular flexibility index (Phi) is 2.87. The van der Waals surface area contributed by atoms with Gasteiger partial charge in [-0.2, -0.15) is 4.39 Å². The van der Waals surface area contributed by atoms with Crippen molar-refractivity contribution in [2.45, 2.75) is 12.5 Å². The van der Waals surface area contributed by atoms with Crippen LogP contribution in [0.15, 0.2) is 42.6 Å². The molecule has 3 rings (SSSR count). The molecule has 0 radical (unpaired) electrons. The number of amides is 1. The van der Waals surface area contributed by atoms with Gasteiger partial charge in [-0.15, -0.1) is 0 Å². The van der Waals surface area contributed by atoms with E-state index in [9.17, 15) is 9.18 Å². The van der Waals surface area contributed by atoms with E-state index in [2.05, 4.69) is 10.3 Å². The molecule has 0 spiro atoms. The molecule has 19 heavy (non-hydrogen) atoms. The maximum Gasteiger partial charge on any atom is 0.265 e. The number of pyridine rings is 1. The summed E-state index contributed by atoms with van der Waals surface area (Å²) in [5.41, 5.74) is 1.46. The molecule has 1 aromatic carbocycles. The highest BCUT2D eigenvalue weighted by Gasteiger charge is 2.28. The quantitative estimate of drug-likeness (QED) is 0.840. The van der Waals surface area contributed by atoms with Gasteiger partial charge < -0.3 is 10.1 Å². The minimum absolute atomic E-state index is 0.260. The van der Waals surface area contributed by atoms with Crippen molar-refractivity contribution < 1.29 is 13.9 Å². The molecule has 5 heteroatoms. The van der Waals surface area contributed by atoms with Gasteiger partial charge in [-0.25, -0.2) is 4.98 Å². The second-order valence-corrected chi connectivity index (χ2v) is 4.28. The first kappa shape index (κ1) is 11.6. The van der Waals surface area contributed by atoms with Gasteiger partial charge in [0.05, 0.1) is 11.9 Å². The van der Waals surface area contributed by atoms with Crippen molar-refractivity contribution in [3.05, 3.63) is 54.1 Å². The minimum atomic E-state index is -0.581. The van der Waals surface area contributed by atoms with E-state index in [0.29, 0.717) is 12.1 Å². The molecule has 1 aliphatic heterocycles. The zero-order valence-electron chi connectivity index (χ0n) is 9.97. The van der Waals surface area contributed by atoms with Crippen LogP contribution in [0.5, 0.6) is 5.75 Å². The Labute approximate surface area is 109 Å². The van der Waals surface area contributed by atoms with Gasteiger partial charge >= 0.3 is 0 Å². The average molecular weight is 258 g/mol. The number of halogens is 1. The van der Waals surface area contributed by atoms with Gasteiger partial charge in [-0.05, 0) is 23.8 Å². The van der Waals surface area contributed by atoms with Crippen LogP contribution in [0.3, 0.4) is 0 Å². The van der Waals surface area contributed by atoms with Crippen LogP contribution in [-0.4, -0.2) is 17.0 Å². The summed E-state index contributed by atoms with van der Waals surface area (Å²) in [6.45, 7) is 0. The number of hydrogen-bond acceptors (Lipinski definition) is 3. The lowest BCUT2D eigenvalue weighted by Crippen LogP contribution is -2.31. The molecule has 1 aliphatic rings. The maximum absolute atomic E-state index is 12.7. The fourth-order valence-corrected chi connectivity index (χ4v) is 2.00. The van der Waals surface area contributed by atoms with Crippen molar-refractivity contribution in [3.8, 4) is 5.75 Å². The van der Waals surface area contributed by atoms with Crippen LogP contribution < -0.4 is 10.1 Å². The molecule has 2 heterocycles. The molecule has 96 valence electrons. The van der Waals surface area contributed by atoms with Gasteiger partial charge in [0.2, 0.25) is 5.95 Å². The molecule has 0 aliphatic carbocycles. The number of hydrogen-bond donors (Lipinski definition) is 1. The Morgan fingerprint density at radius 1 is 1.32 bits per heavy atom. The van der Waals surface area contributed by atoms with Crippen LogP contribution in [-0.2, 0) is 11.2 Å². The molecular weight excluding hydrogens is 247 g/mol. The molecule has 1 amide bonds. The number of ether oxygens (including phenoxy) is 1. The summed E-state index contributed by atoms with van der Waals surface area (Å²) in [6.07, 6.45) is 1.26. The summed E-state index contributed by atoms with van der Waals surface area (Å²) in [5, 5.41) is 2.65. The topological polar surface area (TPSA) is 51.2 Å². The Balaban J connectivity index is 1.68. The average Bonchev–Trinajstić information content (AvgIpc) is 2.85. The highest BCUT2D eigenvalue weighted by Crippen LogP contribution is 2.28.